The summed E-state index contributed by atoms with van der Waals surface area (Å²) in [6.07, 6.45) is -0.278. The quantitative estimate of drug-likeness (QED) is 0.434. The van der Waals surface area contributed by atoms with Crippen LogP contribution in [0.25, 0.3) is 0 Å². The summed E-state index contributed by atoms with van der Waals surface area (Å²) in [6.45, 7) is 3.79. The number of carbonyl (C=O) groups excluding carboxylic acids is 2. The molecule has 0 radical (unpaired) electrons. The van der Waals surface area contributed by atoms with Gasteiger partial charge >= 0.3 is 0 Å². The second-order valence-electron chi connectivity index (χ2n) is 9.16. The van der Waals surface area contributed by atoms with Gasteiger partial charge in [0, 0.05) is 18.2 Å². The zero-order valence-electron chi connectivity index (χ0n) is 21.5. The Morgan fingerprint density at radius 3 is 2.47 bits per heavy atom. The van der Waals surface area contributed by atoms with Crippen LogP contribution in [0.4, 0.5) is 5.69 Å². The summed E-state index contributed by atoms with van der Waals surface area (Å²) in [4.78, 5) is 28.0. The third-order valence-corrected chi connectivity index (χ3v) is 7.64. The highest BCUT2D eigenvalue weighted by Crippen LogP contribution is 2.35. The summed E-state index contributed by atoms with van der Waals surface area (Å²) >= 11 is 0. The van der Waals surface area contributed by atoms with Crippen molar-refractivity contribution in [3.05, 3.63) is 83.9 Å². The average molecular weight is 538 g/mol. The Kier molecular flexibility index (Phi) is 8.33. The number of nitrogens with zero attached hydrogens (tertiary/aromatic N) is 1. The van der Waals surface area contributed by atoms with E-state index in [-0.39, 0.29) is 34.7 Å². The first-order valence-electron chi connectivity index (χ1n) is 12.3. The van der Waals surface area contributed by atoms with Gasteiger partial charge in [0.25, 0.3) is 11.8 Å². The van der Waals surface area contributed by atoms with Gasteiger partial charge in [0.15, 0.2) is 6.10 Å². The summed E-state index contributed by atoms with van der Waals surface area (Å²) < 4.78 is 39.6. The molecule has 1 atom stereocenters. The highest BCUT2D eigenvalue weighted by Gasteiger charge is 2.35. The maximum Gasteiger partial charge on any atom is 0.262 e. The molecule has 0 saturated heterocycles. The van der Waals surface area contributed by atoms with Crippen LogP contribution in [0.2, 0.25) is 0 Å². The van der Waals surface area contributed by atoms with E-state index in [0.717, 1.165) is 5.56 Å². The van der Waals surface area contributed by atoms with Crippen LogP contribution in [0, 0.1) is 0 Å². The van der Waals surface area contributed by atoms with Gasteiger partial charge in [0.05, 0.1) is 19.3 Å². The summed E-state index contributed by atoms with van der Waals surface area (Å²) in [5.74, 6) is -0.301. The van der Waals surface area contributed by atoms with Gasteiger partial charge in [-0.15, -0.1) is 0 Å². The lowest BCUT2D eigenvalue weighted by Gasteiger charge is -2.34. The van der Waals surface area contributed by atoms with E-state index >= 15 is 0 Å². The number of methoxy groups -OCH3 is 1. The Hall–Kier alpha value is -3.89. The summed E-state index contributed by atoms with van der Waals surface area (Å²) in [6, 6.07) is 20.6. The predicted octanol–water partition coefficient (Wildman–Crippen LogP) is 3.15. The highest BCUT2D eigenvalue weighted by atomic mass is 32.2. The topological polar surface area (TPSA) is 114 Å². The minimum atomic E-state index is -3.94. The molecular weight excluding hydrogens is 506 g/mol. The van der Waals surface area contributed by atoms with Gasteiger partial charge in [-0.25, -0.2) is 13.1 Å². The van der Waals surface area contributed by atoms with E-state index in [4.69, 9.17) is 9.47 Å². The first kappa shape index (κ1) is 27.2. The molecule has 0 bridgehead atoms. The SMILES string of the molecule is COc1ccc(C(=O)N2CC(C(=O)NCCc3ccccc3)Oc3ccccc32)cc1S(=O)(=O)NC(C)C. The number of sulfonamides is 1. The molecule has 0 aromatic heterocycles. The van der Waals surface area contributed by atoms with E-state index in [1.165, 1.54) is 30.2 Å². The van der Waals surface area contributed by atoms with Crippen molar-refractivity contribution in [3.8, 4) is 11.5 Å². The number of hydrogen-bond acceptors (Lipinski definition) is 6. The fourth-order valence-corrected chi connectivity index (χ4v) is 5.65. The van der Waals surface area contributed by atoms with Crippen molar-refractivity contribution in [2.45, 2.75) is 37.3 Å². The van der Waals surface area contributed by atoms with Gasteiger partial charge in [-0.2, -0.15) is 0 Å². The third-order valence-electron chi connectivity index (χ3n) is 5.96. The average Bonchev–Trinajstić information content (AvgIpc) is 2.91. The molecule has 3 aromatic carbocycles. The Morgan fingerprint density at radius 1 is 1.05 bits per heavy atom. The van der Waals surface area contributed by atoms with Crippen molar-refractivity contribution in [1.29, 1.82) is 0 Å². The number of fused-ring (bicyclic) bond motifs is 1. The normalized spacial score (nSPS) is 14.9. The van der Waals surface area contributed by atoms with E-state index in [0.29, 0.717) is 24.4 Å². The fraction of sp³-hybridized carbons (Fsp3) is 0.286. The maximum absolute atomic E-state index is 13.7. The van der Waals surface area contributed by atoms with Crippen molar-refractivity contribution >= 4 is 27.5 Å². The molecule has 10 heteroatoms. The first-order valence-corrected chi connectivity index (χ1v) is 13.8. The number of benzene rings is 3. The van der Waals surface area contributed by atoms with E-state index in [1.54, 1.807) is 38.1 Å². The second-order valence-corrected chi connectivity index (χ2v) is 10.8. The predicted molar refractivity (Wildman–Crippen MR) is 144 cm³/mol. The number of anilines is 1. The van der Waals surface area contributed by atoms with Crippen LogP contribution in [0.5, 0.6) is 11.5 Å². The molecule has 0 spiro atoms. The molecule has 3 aromatic rings. The van der Waals surface area contributed by atoms with Gasteiger partial charge in [0.1, 0.15) is 16.4 Å². The van der Waals surface area contributed by atoms with Crippen molar-refractivity contribution in [1.82, 2.24) is 10.0 Å². The zero-order valence-corrected chi connectivity index (χ0v) is 22.3. The largest absolute Gasteiger partial charge is 0.495 e. The van der Waals surface area contributed by atoms with E-state index in [1.807, 2.05) is 30.3 Å². The molecule has 2 N–H and O–H groups in total. The number of ether oxygens (including phenoxy) is 2. The molecule has 4 rings (SSSR count). The Morgan fingerprint density at radius 2 is 1.76 bits per heavy atom. The van der Waals surface area contributed by atoms with Crippen LogP contribution in [-0.2, 0) is 21.2 Å². The van der Waals surface area contributed by atoms with Gasteiger partial charge in [-0.05, 0) is 56.2 Å². The molecule has 1 unspecified atom stereocenters. The van der Waals surface area contributed by atoms with Crippen LogP contribution in [0.15, 0.2) is 77.7 Å². The van der Waals surface area contributed by atoms with E-state index in [2.05, 4.69) is 10.0 Å². The lowest BCUT2D eigenvalue weighted by Crippen LogP contribution is -2.51. The molecule has 38 heavy (non-hydrogen) atoms. The van der Waals surface area contributed by atoms with Crippen LogP contribution in [-0.4, -0.2) is 52.6 Å². The number of carbonyl (C=O) groups is 2. The van der Waals surface area contributed by atoms with Crippen LogP contribution < -0.4 is 24.4 Å². The Balaban J connectivity index is 1.58. The number of hydrogen-bond donors (Lipinski definition) is 2. The molecule has 9 nitrogen and oxygen atoms in total. The monoisotopic (exact) mass is 537 g/mol. The van der Waals surface area contributed by atoms with E-state index in [9.17, 15) is 18.0 Å². The number of amides is 2. The number of para-hydroxylation sites is 2. The minimum Gasteiger partial charge on any atom is -0.495 e. The molecule has 0 fully saturated rings. The van der Waals surface area contributed by atoms with Gasteiger partial charge < -0.3 is 19.7 Å². The maximum atomic E-state index is 13.7. The number of nitrogens with one attached hydrogen (secondary N) is 2. The Labute approximate surface area is 222 Å². The van der Waals surface area contributed by atoms with Crippen molar-refractivity contribution in [2.75, 3.05) is 25.1 Å². The van der Waals surface area contributed by atoms with Gasteiger partial charge in [0.2, 0.25) is 10.0 Å². The van der Waals surface area contributed by atoms with Crippen LogP contribution >= 0.6 is 0 Å². The van der Waals surface area contributed by atoms with E-state index < -0.39 is 22.0 Å². The second kappa shape index (κ2) is 11.7. The highest BCUT2D eigenvalue weighted by molar-refractivity contribution is 7.89. The molecule has 200 valence electrons. The lowest BCUT2D eigenvalue weighted by molar-refractivity contribution is -0.127. The summed E-state index contributed by atoms with van der Waals surface area (Å²) in [5, 5.41) is 2.89. The fourth-order valence-electron chi connectivity index (χ4n) is 4.20. The smallest absolute Gasteiger partial charge is 0.262 e. The van der Waals surface area contributed by atoms with Gasteiger partial charge in [-0.1, -0.05) is 42.5 Å². The summed E-state index contributed by atoms with van der Waals surface area (Å²) in [5.41, 5.74) is 1.72. The molecule has 2 amide bonds. The molecule has 1 aliphatic heterocycles. The minimum absolute atomic E-state index is 0.0363. The Bertz CT molecular complexity index is 1410. The first-order chi connectivity index (χ1) is 18.2. The molecule has 1 aliphatic rings. The van der Waals surface area contributed by atoms with Crippen molar-refractivity contribution < 1.29 is 27.5 Å². The van der Waals surface area contributed by atoms with Crippen LogP contribution in [0.3, 0.4) is 0 Å². The van der Waals surface area contributed by atoms with Crippen LogP contribution in [0.1, 0.15) is 29.8 Å². The standard InChI is InChI=1S/C28H31N3O6S/c1-19(2)30-38(34,35)26-17-21(13-14-24(26)36-3)28(33)31-18-25(37-23-12-8-7-11-22(23)31)27(32)29-16-15-20-9-5-4-6-10-20/h4-14,17,19,25,30H,15-16,18H2,1-3H3,(H,29,32). The molecule has 0 aliphatic carbocycles. The molecular formula is C28H31N3O6S. The summed E-state index contributed by atoms with van der Waals surface area (Å²) in [7, 11) is -2.58. The lowest BCUT2D eigenvalue weighted by atomic mass is 10.1. The zero-order chi connectivity index (χ0) is 27.3. The molecule has 0 saturated carbocycles. The molecule has 1 heterocycles. The number of rotatable bonds is 9. The van der Waals surface area contributed by atoms with Gasteiger partial charge in [-0.3, -0.25) is 9.59 Å². The van der Waals surface area contributed by atoms with Crippen molar-refractivity contribution in [2.24, 2.45) is 0 Å². The van der Waals surface area contributed by atoms with Crippen molar-refractivity contribution in [3.63, 3.8) is 0 Å². The third kappa shape index (κ3) is 6.15.